The molecule has 2 aromatic rings. The number of carbonyl (C=O) groups excluding carboxylic acids is 1. The van der Waals surface area contributed by atoms with Crippen LogP contribution in [0.1, 0.15) is 15.9 Å². The van der Waals surface area contributed by atoms with Crippen molar-refractivity contribution in [2.45, 2.75) is 6.61 Å². The molecular weight excluding hydrogens is 387 g/mol. The second kappa shape index (κ2) is 8.05. The normalized spacial score (nSPS) is 11.4. The number of carbonyl (C=O) groups is 1. The number of nitrogens with zero attached hydrogens (tertiary/aromatic N) is 1. The molecule has 9 heteroatoms. The first-order valence-corrected chi connectivity index (χ1v) is 9.30. The number of nitrogens with one attached hydrogen (secondary N) is 1. The van der Waals surface area contributed by atoms with Crippen LogP contribution in [0.3, 0.4) is 0 Å². The molecule has 6 nitrogen and oxygen atoms in total. The van der Waals surface area contributed by atoms with Gasteiger partial charge in [-0.15, -0.1) is 0 Å². The first-order valence-electron chi connectivity index (χ1n) is 7.10. The van der Waals surface area contributed by atoms with E-state index in [2.05, 4.69) is 0 Å². The first-order chi connectivity index (χ1) is 11.7. The molecule has 1 amide bonds. The fourth-order valence-electron chi connectivity index (χ4n) is 1.77. The van der Waals surface area contributed by atoms with E-state index in [1.807, 2.05) is 4.72 Å². The smallest absolute Gasteiger partial charge is 0.303 e. The van der Waals surface area contributed by atoms with E-state index in [1.165, 1.54) is 26.2 Å². The van der Waals surface area contributed by atoms with Gasteiger partial charge >= 0.3 is 10.2 Å². The first kappa shape index (κ1) is 19.5. The fraction of sp³-hybridized carbons (Fsp3) is 0.188. The van der Waals surface area contributed by atoms with Crippen LogP contribution in [0.15, 0.2) is 42.5 Å². The van der Waals surface area contributed by atoms with Crippen molar-refractivity contribution in [2.75, 3.05) is 14.1 Å². The molecule has 25 heavy (non-hydrogen) atoms. The molecule has 2 rings (SSSR count). The molecule has 0 aromatic heterocycles. The fourth-order valence-corrected chi connectivity index (χ4v) is 2.62. The summed E-state index contributed by atoms with van der Waals surface area (Å²) in [6.45, 7) is 0.275. The van der Waals surface area contributed by atoms with E-state index in [4.69, 9.17) is 27.9 Å². The van der Waals surface area contributed by atoms with Crippen molar-refractivity contribution in [3.8, 4) is 5.75 Å². The Morgan fingerprint density at radius 3 is 2.28 bits per heavy atom. The third-order valence-electron chi connectivity index (χ3n) is 3.21. The number of ether oxygens (including phenoxy) is 1. The molecule has 0 saturated heterocycles. The van der Waals surface area contributed by atoms with Crippen LogP contribution in [-0.4, -0.2) is 32.7 Å². The van der Waals surface area contributed by atoms with Crippen molar-refractivity contribution in [3.63, 3.8) is 0 Å². The standard InChI is InChI=1S/C16H16Cl2N2O4S/c1-20(2)25(22,23)19-16(21)12-4-6-13(7-5-12)24-10-11-3-8-14(17)15(18)9-11/h3-9H,10H2,1-2H3,(H,19,21). The Balaban J connectivity index is 1.99. The van der Waals surface area contributed by atoms with Gasteiger partial charge in [0.2, 0.25) is 0 Å². The second-order valence-electron chi connectivity index (χ2n) is 5.28. The molecule has 1 N–H and O–H groups in total. The van der Waals surface area contributed by atoms with E-state index in [0.717, 1.165) is 9.87 Å². The topological polar surface area (TPSA) is 75.7 Å². The van der Waals surface area contributed by atoms with Crippen LogP contribution in [-0.2, 0) is 16.8 Å². The highest BCUT2D eigenvalue weighted by molar-refractivity contribution is 7.87. The third kappa shape index (κ3) is 5.34. The summed E-state index contributed by atoms with van der Waals surface area (Å²) in [5, 5.41) is 0.908. The van der Waals surface area contributed by atoms with Gasteiger partial charge in [-0.2, -0.15) is 12.7 Å². The van der Waals surface area contributed by atoms with Crippen molar-refractivity contribution in [1.82, 2.24) is 9.03 Å². The Labute approximate surface area is 156 Å². The number of amides is 1. The number of benzene rings is 2. The Kier molecular flexibility index (Phi) is 6.29. The summed E-state index contributed by atoms with van der Waals surface area (Å²) in [6, 6.07) is 11.3. The van der Waals surface area contributed by atoms with Crippen molar-refractivity contribution in [1.29, 1.82) is 0 Å². The summed E-state index contributed by atoms with van der Waals surface area (Å²) < 4.78 is 31.8. The van der Waals surface area contributed by atoms with Crippen LogP contribution in [0.5, 0.6) is 5.75 Å². The average Bonchev–Trinajstić information content (AvgIpc) is 2.56. The summed E-state index contributed by atoms with van der Waals surface area (Å²) in [5.74, 6) is -0.192. The molecule has 0 aliphatic heterocycles. The average molecular weight is 403 g/mol. The molecule has 0 saturated carbocycles. The van der Waals surface area contributed by atoms with E-state index in [0.29, 0.717) is 15.8 Å². The third-order valence-corrected chi connectivity index (χ3v) is 5.35. The van der Waals surface area contributed by atoms with Gasteiger partial charge in [0.05, 0.1) is 10.0 Å². The maximum absolute atomic E-state index is 11.9. The lowest BCUT2D eigenvalue weighted by Crippen LogP contribution is -2.39. The molecule has 0 fully saturated rings. The van der Waals surface area contributed by atoms with Gasteiger partial charge in [0.1, 0.15) is 12.4 Å². The highest BCUT2D eigenvalue weighted by Gasteiger charge is 2.18. The number of rotatable bonds is 6. The highest BCUT2D eigenvalue weighted by atomic mass is 35.5. The van der Waals surface area contributed by atoms with E-state index >= 15 is 0 Å². The Morgan fingerprint density at radius 2 is 1.72 bits per heavy atom. The van der Waals surface area contributed by atoms with Gasteiger partial charge in [0, 0.05) is 19.7 Å². The molecule has 0 radical (unpaired) electrons. The molecular formula is C16H16Cl2N2O4S. The van der Waals surface area contributed by atoms with Gasteiger partial charge in [-0.1, -0.05) is 29.3 Å². The quantitative estimate of drug-likeness (QED) is 0.804. The number of hydrogen-bond donors (Lipinski definition) is 1. The minimum atomic E-state index is -3.83. The second-order valence-corrected chi connectivity index (χ2v) is 7.98. The maximum Gasteiger partial charge on any atom is 0.303 e. The minimum Gasteiger partial charge on any atom is -0.489 e. The predicted molar refractivity (Wildman–Crippen MR) is 97.3 cm³/mol. The van der Waals surface area contributed by atoms with Gasteiger partial charge in [0.15, 0.2) is 0 Å². The van der Waals surface area contributed by atoms with Gasteiger partial charge in [0.25, 0.3) is 5.91 Å². The zero-order chi connectivity index (χ0) is 18.6. The summed E-state index contributed by atoms with van der Waals surface area (Å²) in [6.07, 6.45) is 0. The van der Waals surface area contributed by atoms with Crippen LogP contribution < -0.4 is 9.46 Å². The van der Waals surface area contributed by atoms with E-state index in [-0.39, 0.29) is 12.2 Å². The highest BCUT2D eigenvalue weighted by Crippen LogP contribution is 2.23. The van der Waals surface area contributed by atoms with Gasteiger partial charge in [-0.25, -0.2) is 4.72 Å². The molecule has 2 aromatic carbocycles. The van der Waals surface area contributed by atoms with Crippen LogP contribution >= 0.6 is 23.2 Å². The lowest BCUT2D eigenvalue weighted by Gasteiger charge is -2.12. The molecule has 0 heterocycles. The van der Waals surface area contributed by atoms with Gasteiger partial charge in [-0.05, 0) is 42.0 Å². The van der Waals surface area contributed by atoms with Crippen molar-refractivity contribution in [2.24, 2.45) is 0 Å². The summed E-state index contributed by atoms with van der Waals surface area (Å²) in [7, 11) is -1.17. The van der Waals surface area contributed by atoms with Crippen LogP contribution in [0.25, 0.3) is 0 Å². The minimum absolute atomic E-state index is 0.201. The molecule has 0 unspecified atom stereocenters. The van der Waals surface area contributed by atoms with Gasteiger partial charge in [-0.3, -0.25) is 4.79 Å². The zero-order valence-corrected chi connectivity index (χ0v) is 15.8. The van der Waals surface area contributed by atoms with Gasteiger partial charge < -0.3 is 4.74 Å². The van der Waals surface area contributed by atoms with Crippen molar-refractivity contribution < 1.29 is 17.9 Å². The van der Waals surface area contributed by atoms with Crippen LogP contribution in [0.2, 0.25) is 10.0 Å². The molecule has 0 aliphatic carbocycles. The monoisotopic (exact) mass is 402 g/mol. The lowest BCUT2D eigenvalue weighted by molar-refractivity contribution is 0.0979. The molecule has 0 aliphatic rings. The Bertz CT molecular complexity index is 868. The SMILES string of the molecule is CN(C)S(=O)(=O)NC(=O)c1ccc(OCc2ccc(Cl)c(Cl)c2)cc1. The van der Waals surface area contributed by atoms with E-state index < -0.39 is 16.1 Å². The zero-order valence-electron chi connectivity index (χ0n) is 13.5. The number of hydrogen-bond acceptors (Lipinski definition) is 4. The van der Waals surface area contributed by atoms with Crippen LogP contribution in [0.4, 0.5) is 0 Å². The molecule has 134 valence electrons. The largest absolute Gasteiger partial charge is 0.489 e. The molecule has 0 bridgehead atoms. The Morgan fingerprint density at radius 1 is 1.08 bits per heavy atom. The maximum atomic E-state index is 11.9. The molecule has 0 spiro atoms. The van der Waals surface area contributed by atoms with E-state index in [9.17, 15) is 13.2 Å². The van der Waals surface area contributed by atoms with Crippen molar-refractivity contribution >= 4 is 39.3 Å². The predicted octanol–water partition coefficient (Wildman–Crippen LogP) is 3.11. The Hall–Kier alpha value is -1.80. The summed E-state index contributed by atoms with van der Waals surface area (Å²) in [4.78, 5) is 11.9. The van der Waals surface area contributed by atoms with E-state index in [1.54, 1.807) is 30.3 Å². The summed E-state index contributed by atoms with van der Waals surface area (Å²) >= 11 is 11.8. The van der Waals surface area contributed by atoms with Crippen LogP contribution in [0, 0.1) is 0 Å². The molecule has 0 atom stereocenters. The summed E-state index contributed by atoms with van der Waals surface area (Å²) in [5.41, 5.74) is 1.04. The van der Waals surface area contributed by atoms with Crippen molar-refractivity contribution in [3.05, 3.63) is 63.6 Å². The number of halogens is 2. The lowest BCUT2D eigenvalue weighted by atomic mass is 10.2.